The standard InChI is InChI=1S/C15H19N3O2/c19-14-6-9-18(10-8-17-14)15(20)12-5-7-16-13-4-2-1-3-11(12)13/h1-4,12,16H,5-10H2,(H,17,19). The van der Waals surface area contributed by atoms with Crippen molar-refractivity contribution >= 4 is 17.5 Å². The van der Waals surface area contributed by atoms with Crippen LogP contribution in [0.2, 0.25) is 0 Å². The van der Waals surface area contributed by atoms with E-state index in [1.165, 1.54) is 0 Å². The van der Waals surface area contributed by atoms with E-state index in [2.05, 4.69) is 10.6 Å². The van der Waals surface area contributed by atoms with Crippen LogP contribution in [0.1, 0.15) is 24.3 Å². The summed E-state index contributed by atoms with van der Waals surface area (Å²) in [5, 5.41) is 6.14. The Morgan fingerprint density at radius 1 is 1.15 bits per heavy atom. The van der Waals surface area contributed by atoms with Crippen molar-refractivity contribution in [2.75, 3.05) is 31.5 Å². The van der Waals surface area contributed by atoms with E-state index in [1.807, 2.05) is 29.2 Å². The fourth-order valence-electron chi connectivity index (χ4n) is 2.93. The van der Waals surface area contributed by atoms with Crippen LogP contribution < -0.4 is 10.6 Å². The van der Waals surface area contributed by atoms with Gasteiger partial charge in [-0.05, 0) is 18.1 Å². The molecule has 0 saturated carbocycles. The molecule has 0 aromatic heterocycles. The van der Waals surface area contributed by atoms with Gasteiger partial charge in [-0.3, -0.25) is 9.59 Å². The zero-order chi connectivity index (χ0) is 13.9. The van der Waals surface area contributed by atoms with Crippen molar-refractivity contribution in [2.24, 2.45) is 0 Å². The number of hydrogen-bond acceptors (Lipinski definition) is 3. The van der Waals surface area contributed by atoms with Crippen molar-refractivity contribution in [3.63, 3.8) is 0 Å². The molecule has 106 valence electrons. The van der Waals surface area contributed by atoms with E-state index in [0.717, 1.165) is 24.2 Å². The molecule has 1 unspecified atom stereocenters. The molecule has 2 aliphatic rings. The number of carbonyl (C=O) groups is 2. The summed E-state index contributed by atoms with van der Waals surface area (Å²) < 4.78 is 0. The second-order valence-corrected chi connectivity index (χ2v) is 5.28. The Labute approximate surface area is 118 Å². The van der Waals surface area contributed by atoms with Crippen LogP contribution in [0.25, 0.3) is 0 Å². The lowest BCUT2D eigenvalue weighted by atomic mass is 9.89. The van der Waals surface area contributed by atoms with Gasteiger partial charge in [0.15, 0.2) is 0 Å². The third kappa shape index (κ3) is 2.48. The number of anilines is 1. The van der Waals surface area contributed by atoms with E-state index in [9.17, 15) is 9.59 Å². The number of benzene rings is 1. The van der Waals surface area contributed by atoms with Gasteiger partial charge in [0.1, 0.15) is 0 Å². The van der Waals surface area contributed by atoms with Crippen LogP contribution in [0, 0.1) is 0 Å². The zero-order valence-electron chi connectivity index (χ0n) is 11.4. The van der Waals surface area contributed by atoms with Crippen LogP contribution in [-0.2, 0) is 9.59 Å². The molecule has 1 fully saturated rings. The predicted octanol–water partition coefficient (Wildman–Crippen LogP) is 0.934. The number of fused-ring (bicyclic) bond motifs is 1. The molecule has 0 radical (unpaired) electrons. The van der Waals surface area contributed by atoms with Gasteiger partial charge in [0, 0.05) is 38.3 Å². The molecule has 0 bridgehead atoms. The molecule has 5 nitrogen and oxygen atoms in total. The first-order valence-electron chi connectivity index (χ1n) is 7.14. The molecule has 2 amide bonds. The third-order valence-corrected chi connectivity index (χ3v) is 4.01. The summed E-state index contributed by atoms with van der Waals surface area (Å²) in [5.41, 5.74) is 2.13. The Hall–Kier alpha value is -2.04. The molecular weight excluding hydrogens is 254 g/mol. The highest BCUT2D eigenvalue weighted by Crippen LogP contribution is 2.32. The first-order chi connectivity index (χ1) is 9.75. The van der Waals surface area contributed by atoms with Crippen molar-refractivity contribution in [3.8, 4) is 0 Å². The Morgan fingerprint density at radius 3 is 2.90 bits per heavy atom. The van der Waals surface area contributed by atoms with Crippen LogP contribution in [-0.4, -0.2) is 42.9 Å². The summed E-state index contributed by atoms with van der Waals surface area (Å²) in [6.07, 6.45) is 1.21. The third-order valence-electron chi connectivity index (χ3n) is 4.01. The lowest BCUT2D eigenvalue weighted by Gasteiger charge is -2.30. The minimum atomic E-state index is -0.0827. The molecule has 2 aliphatic heterocycles. The van der Waals surface area contributed by atoms with Crippen molar-refractivity contribution in [1.29, 1.82) is 0 Å². The number of amides is 2. The van der Waals surface area contributed by atoms with Gasteiger partial charge in [-0.25, -0.2) is 0 Å². The first kappa shape index (κ1) is 13.0. The Morgan fingerprint density at radius 2 is 2.00 bits per heavy atom. The number of hydrogen-bond donors (Lipinski definition) is 2. The molecule has 1 aromatic carbocycles. The zero-order valence-corrected chi connectivity index (χ0v) is 11.4. The molecule has 0 spiro atoms. The summed E-state index contributed by atoms with van der Waals surface area (Å²) in [6.45, 7) is 2.50. The summed E-state index contributed by atoms with van der Waals surface area (Å²) in [7, 11) is 0. The molecule has 20 heavy (non-hydrogen) atoms. The first-order valence-corrected chi connectivity index (χ1v) is 7.14. The average Bonchev–Trinajstić information content (AvgIpc) is 2.71. The monoisotopic (exact) mass is 273 g/mol. The smallest absolute Gasteiger partial charge is 0.230 e. The highest BCUT2D eigenvalue weighted by Gasteiger charge is 2.30. The molecule has 3 rings (SSSR count). The van der Waals surface area contributed by atoms with E-state index in [4.69, 9.17) is 0 Å². The number of nitrogens with zero attached hydrogens (tertiary/aromatic N) is 1. The van der Waals surface area contributed by atoms with E-state index >= 15 is 0 Å². The van der Waals surface area contributed by atoms with Crippen LogP contribution in [0.15, 0.2) is 24.3 Å². The van der Waals surface area contributed by atoms with Gasteiger partial charge in [0.25, 0.3) is 0 Å². The Kier molecular flexibility index (Phi) is 3.58. The SMILES string of the molecule is O=C1CCN(C(=O)C2CCNc3ccccc32)CCN1. The molecular formula is C15H19N3O2. The van der Waals surface area contributed by atoms with Gasteiger partial charge < -0.3 is 15.5 Å². The molecule has 2 N–H and O–H groups in total. The number of nitrogens with one attached hydrogen (secondary N) is 2. The minimum Gasteiger partial charge on any atom is -0.385 e. The summed E-state index contributed by atoms with van der Waals surface area (Å²) in [6, 6.07) is 7.99. The van der Waals surface area contributed by atoms with Crippen molar-refractivity contribution in [1.82, 2.24) is 10.2 Å². The highest BCUT2D eigenvalue weighted by atomic mass is 16.2. The van der Waals surface area contributed by atoms with Crippen molar-refractivity contribution in [3.05, 3.63) is 29.8 Å². The fraction of sp³-hybridized carbons (Fsp3) is 0.467. The van der Waals surface area contributed by atoms with Crippen LogP contribution in [0.3, 0.4) is 0 Å². The number of para-hydroxylation sites is 1. The maximum atomic E-state index is 12.7. The summed E-state index contributed by atoms with van der Waals surface area (Å²) in [4.78, 5) is 25.9. The number of carbonyl (C=O) groups excluding carboxylic acids is 2. The van der Waals surface area contributed by atoms with Gasteiger partial charge in [-0.15, -0.1) is 0 Å². The molecule has 1 saturated heterocycles. The van der Waals surface area contributed by atoms with E-state index in [0.29, 0.717) is 26.1 Å². The Bertz CT molecular complexity index is 530. The maximum absolute atomic E-state index is 12.7. The largest absolute Gasteiger partial charge is 0.385 e. The second-order valence-electron chi connectivity index (χ2n) is 5.28. The van der Waals surface area contributed by atoms with E-state index in [-0.39, 0.29) is 17.7 Å². The summed E-state index contributed by atoms with van der Waals surface area (Å²) >= 11 is 0. The number of rotatable bonds is 1. The van der Waals surface area contributed by atoms with Crippen molar-refractivity contribution < 1.29 is 9.59 Å². The average molecular weight is 273 g/mol. The molecule has 1 atom stereocenters. The van der Waals surface area contributed by atoms with Crippen LogP contribution in [0.5, 0.6) is 0 Å². The quantitative estimate of drug-likeness (QED) is 0.800. The van der Waals surface area contributed by atoms with Gasteiger partial charge in [0.05, 0.1) is 5.92 Å². The van der Waals surface area contributed by atoms with Gasteiger partial charge in [0.2, 0.25) is 11.8 Å². The van der Waals surface area contributed by atoms with Crippen LogP contribution in [0.4, 0.5) is 5.69 Å². The van der Waals surface area contributed by atoms with E-state index < -0.39 is 0 Å². The lowest BCUT2D eigenvalue weighted by Crippen LogP contribution is -2.39. The van der Waals surface area contributed by atoms with E-state index in [1.54, 1.807) is 0 Å². The van der Waals surface area contributed by atoms with Crippen LogP contribution >= 0.6 is 0 Å². The van der Waals surface area contributed by atoms with Crippen molar-refractivity contribution in [2.45, 2.75) is 18.8 Å². The highest BCUT2D eigenvalue weighted by molar-refractivity contribution is 5.87. The molecule has 1 aromatic rings. The maximum Gasteiger partial charge on any atom is 0.230 e. The lowest BCUT2D eigenvalue weighted by molar-refractivity contribution is -0.132. The topological polar surface area (TPSA) is 61.4 Å². The second kappa shape index (κ2) is 5.53. The summed E-state index contributed by atoms with van der Waals surface area (Å²) in [5.74, 6) is 0.0992. The minimum absolute atomic E-state index is 0.0333. The molecule has 5 heteroatoms. The fourth-order valence-corrected chi connectivity index (χ4v) is 2.93. The van der Waals surface area contributed by atoms with Gasteiger partial charge >= 0.3 is 0 Å². The molecule has 0 aliphatic carbocycles. The normalized spacial score (nSPS) is 22.3. The Balaban J connectivity index is 1.79. The molecule has 2 heterocycles. The van der Waals surface area contributed by atoms with Gasteiger partial charge in [-0.1, -0.05) is 18.2 Å². The predicted molar refractivity (Wildman–Crippen MR) is 76.5 cm³/mol. The van der Waals surface area contributed by atoms with Gasteiger partial charge in [-0.2, -0.15) is 0 Å².